The van der Waals surface area contributed by atoms with Crippen LogP contribution in [0.4, 0.5) is 20.2 Å². The van der Waals surface area contributed by atoms with Crippen LogP contribution in [0.25, 0.3) is 0 Å². The summed E-state index contributed by atoms with van der Waals surface area (Å²) in [6, 6.07) is 13.2. The lowest BCUT2D eigenvalue weighted by molar-refractivity contribution is 0.626. The number of rotatable bonds is 3. The van der Waals surface area contributed by atoms with Gasteiger partial charge in [-0.05, 0) is 61.5 Å². The molecule has 0 bridgehead atoms. The fraction of sp³-hybridized carbons (Fsp3) is 0.250. The predicted octanol–water partition coefficient (Wildman–Crippen LogP) is 3.46. The third kappa shape index (κ3) is 2.65. The molecule has 104 valence electrons. The Labute approximate surface area is 117 Å². The number of hydrogen-bond donors (Lipinski definition) is 1. The van der Waals surface area contributed by atoms with Crippen molar-refractivity contribution in [2.45, 2.75) is 12.5 Å². The van der Waals surface area contributed by atoms with Gasteiger partial charge in [-0.15, -0.1) is 0 Å². The first-order chi connectivity index (χ1) is 9.74. The minimum absolute atomic E-state index is 0.252. The van der Waals surface area contributed by atoms with Crippen molar-refractivity contribution in [1.29, 1.82) is 0 Å². The van der Waals surface area contributed by atoms with Gasteiger partial charge in [-0.25, -0.2) is 8.78 Å². The molecule has 0 aromatic heterocycles. The Morgan fingerprint density at radius 1 is 0.850 bits per heavy atom. The minimum Gasteiger partial charge on any atom is -0.337 e. The number of hydrogen-bond acceptors (Lipinski definition) is 2. The molecule has 0 spiro atoms. The third-order valence-corrected chi connectivity index (χ3v) is 3.61. The van der Waals surface area contributed by atoms with Crippen LogP contribution in [-0.4, -0.2) is 19.1 Å². The smallest absolute Gasteiger partial charge is 0.123 e. The monoisotopic (exact) mass is 274 g/mol. The summed E-state index contributed by atoms with van der Waals surface area (Å²) < 4.78 is 26.2. The van der Waals surface area contributed by atoms with Gasteiger partial charge in [-0.1, -0.05) is 0 Å². The molecule has 0 radical (unpaired) electrons. The van der Waals surface area contributed by atoms with E-state index in [1.165, 1.54) is 24.3 Å². The number of halogens is 2. The average molecular weight is 274 g/mol. The zero-order valence-electron chi connectivity index (χ0n) is 11.0. The van der Waals surface area contributed by atoms with E-state index in [2.05, 4.69) is 10.2 Å². The molecule has 2 aromatic carbocycles. The maximum absolute atomic E-state index is 13.1. The molecule has 0 amide bonds. The van der Waals surface area contributed by atoms with Crippen molar-refractivity contribution in [3.63, 3.8) is 0 Å². The van der Waals surface area contributed by atoms with Gasteiger partial charge < -0.3 is 10.2 Å². The van der Waals surface area contributed by atoms with E-state index in [4.69, 9.17) is 0 Å². The molecule has 1 fully saturated rings. The first-order valence-electron chi connectivity index (χ1n) is 6.75. The predicted molar refractivity (Wildman–Crippen MR) is 76.2 cm³/mol. The van der Waals surface area contributed by atoms with E-state index >= 15 is 0 Å². The molecule has 4 heteroatoms. The molecule has 1 saturated heterocycles. The molecule has 1 unspecified atom stereocenters. The summed E-state index contributed by atoms with van der Waals surface area (Å²) in [5.74, 6) is -0.505. The van der Waals surface area contributed by atoms with E-state index in [0.717, 1.165) is 30.9 Å². The average Bonchev–Trinajstić information content (AvgIpc) is 2.97. The van der Waals surface area contributed by atoms with Crippen LogP contribution < -0.4 is 10.2 Å². The second kappa shape index (κ2) is 5.59. The van der Waals surface area contributed by atoms with Gasteiger partial charge in [0.15, 0.2) is 0 Å². The molecular formula is C16H16F2N2. The normalized spacial score (nSPS) is 18.2. The SMILES string of the molecule is Fc1ccc(N(c2ccc(F)cc2)C2CCNC2)cc1. The molecule has 3 rings (SSSR count). The van der Waals surface area contributed by atoms with Crippen LogP contribution in [0.3, 0.4) is 0 Å². The molecule has 2 nitrogen and oxygen atoms in total. The molecule has 1 aliphatic heterocycles. The highest BCUT2D eigenvalue weighted by Gasteiger charge is 2.24. The summed E-state index contributed by atoms with van der Waals surface area (Å²) in [5.41, 5.74) is 1.85. The molecule has 1 aliphatic rings. The maximum Gasteiger partial charge on any atom is 0.123 e. The van der Waals surface area contributed by atoms with E-state index in [1.54, 1.807) is 24.3 Å². The molecule has 2 aromatic rings. The van der Waals surface area contributed by atoms with E-state index < -0.39 is 0 Å². The minimum atomic E-state index is -0.252. The molecule has 0 saturated carbocycles. The molecular weight excluding hydrogens is 258 g/mol. The van der Waals surface area contributed by atoms with E-state index in [9.17, 15) is 8.78 Å². The molecule has 20 heavy (non-hydrogen) atoms. The fourth-order valence-electron chi connectivity index (χ4n) is 2.63. The summed E-state index contributed by atoms with van der Waals surface area (Å²) in [6.45, 7) is 1.83. The zero-order valence-corrected chi connectivity index (χ0v) is 11.0. The lowest BCUT2D eigenvalue weighted by Gasteiger charge is -2.31. The third-order valence-electron chi connectivity index (χ3n) is 3.61. The van der Waals surface area contributed by atoms with Crippen LogP contribution in [0.5, 0.6) is 0 Å². The van der Waals surface area contributed by atoms with Crippen molar-refractivity contribution >= 4 is 11.4 Å². The fourth-order valence-corrected chi connectivity index (χ4v) is 2.63. The number of anilines is 2. The van der Waals surface area contributed by atoms with Crippen molar-refractivity contribution in [1.82, 2.24) is 5.32 Å². The molecule has 1 heterocycles. The van der Waals surface area contributed by atoms with Gasteiger partial charge in [-0.3, -0.25) is 0 Å². The Hall–Kier alpha value is -1.94. The van der Waals surface area contributed by atoms with Gasteiger partial charge in [0.2, 0.25) is 0 Å². The van der Waals surface area contributed by atoms with Crippen molar-refractivity contribution in [2.24, 2.45) is 0 Å². The van der Waals surface area contributed by atoms with Crippen LogP contribution in [0.15, 0.2) is 48.5 Å². The largest absolute Gasteiger partial charge is 0.337 e. The second-order valence-electron chi connectivity index (χ2n) is 4.97. The summed E-state index contributed by atoms with van der Waals surface area (Å²) >= 11 is 0. The van der Waals surface area contributed by atoms with Crippen LogP contribution in [-0.2, 0) is 0 Å². The van der Waals surface area contributed by atoms with Crippen molar-refractivity contribution < 1.29 is 8.78 Å². The highest BCUT2D eigenvalue weighted by molar-refractivity contribution is 5.64. The number of nitrogens with one attached hydrogen (secondary N) is 1. The highest BCUT2D eigenvalue weighted by Crippen LogP contribution is 2.30. The summed E-state index contributed by atoms with van der Waals surface area (Å²) in [6.07, 6.45) is 1.01. The first kappa shape index (κ1) is 13.1. The molecule has 0 aliphatic carbocycles. The van der Waals surface area contributed by atoms with Gasteiger partial charge in [0.05, 0.1) is 0 Å². The Morgan fingerprint density at radius 3 is 1.75 bits per heavy atom. The highest BCUT2D eigenvalue weighted by atomic mass is 19.1. The Kier molecular flexibility index (Phi) is 3.65. The summed E-state index contributed by atoms with van der Waals surface area (Å²) in [7, 11) is 0. The Morgan fingerprint density at radius 2 is 1.35 bits per heavy atom. The molecule has 1 N–H and O–H groups in total. The van der Waals surface area contributed by atoms with Crippen molar-refractivity contribution in [3.05, 3.63) is 60.2 Å². The van der Waals surface area contributed by atoms with Crippen LogP contribution in [0, 0.1) is 11.6 Å². The standard InChI is InChI=1S/C16H16F2N2/c17-12-1-5-14(6-2-12)20(16-9-10-19-11-16)15-7-3-13(18)4-8-15/h1-8,16,19H,9-11H2. The van der Waals surface area contributed by atoms with Gasteiger partial charge in [-0.2, -0.15) is 0 Å². The van der Waals surface area contributed by atoms with Crippen LogP contribution in [0.2, 0.25) is 0 Å². The van der Waals surface area contributed by atoms with E-state index in [1.807, 2.05) is 0 Å². The van der Waals surface area contributed by atoms with Crippen molar-refractivity contribution in [2.75, 3.05) is 18.0 Å². The number of benzene rings is 2. The van der Waals surface area contributed by atoms with Gasteiger partial charge in [0, 0.05) is 24.0 Å². The summed E-state index contributed by atoms with van der Waals surface area (Å²) in [5, 5.41) is 3.33. The number of nitrogens with zero attached hydrogens (tertiary/aromatic N) is 1. The Balaban J connectivity index is 1.98. The lowest BCUT2D eigenvalue weighted by Crippen LogP contribution is -2.32. The lowest BCUT2D eigenvalue weighted by atomic mass is 10.1. The van der Waals surface area contributed by atoms with Gasteiger partial charge in [0.1, 0.15) is 11.6 Å². The van der Waals surface area contributed by atoms with Crippen LogP contribution >= 0.6 is 0 Å². The first-order valence-corrected chi connectivity index (χ1v) is 6.75. The van der Waals surface area contributed by atoms with E-state index in [0.29, 0.717) is 6.04 Å². The summed E-state index contributed by atoms with van der Waals surface area (Å²) in [4.78, 5) is 2.14. The zero-order chi connectivity index (χ0) is 13.9. The molecule has 1 atom stereocenters. The second-order valence-corrected chi connectivity index (χ2v) is 4.97. The van der Waals surface area contributed by atoms with Crippen molar-refractivity contribution in [3.8, 4) is 0 Å². The van der Waals surface area contributed by atoms with Gasteiger partial charge >= 0.3 is 0 Å². The quantitative estimate of drug-likeness (QED) is 0.922. The topological polar surface area (TPSA) is 15.3 Å². The van der Waals surface area contributed by atoms with Gasteiger partial charge in [0.25, 0.3) is 0 Å². The van der Waals surface area contributed by atoms with E-state index in [-0.39, 0.29) is 11.6 Å². The maximum atomic E-state index is 13.1. The Bertz CT molecular complexity index is 515. The van der Waals surface area contributed by atoms with Crippen LogP contribution in [0.1, 0.15) is 6.42 Å².